The number of aliphatic hydroxyl groups excluding tert-OH is 1. The second-order valence-corrected chi connectivity index (χ2v) is 11.6. The van der Waals surface area contributed by atoms with E-state index in [1.165, 1.54) is 5.56 Å². The highest BCUT2D eigenvalue weighted by atomic mass is 16.5. The van der Waals surface area contributed by atoms with Gasteiger partial charge in [0.1, 0.15) is 18.4 Å². The Labute approximate surface area is 242 Å². The molecule has 41 heavy (non-hydrogen) atoms. The number of fused-ring (bicyclic) bond motifs is 1. The maximum absolute atomic E-state index is 12.4. The molecule has 9 heteroatoms. The number of pyridine rings is 1. The summed E-state index contributed by atoms with van der Waals surface area (Å²) in [7, 11) is 1.79. The normalized spacial score (nSPS) is 19.2. The zero-order valence-electron chi connectivity index (χ0n) is 25.0. The van der Waals surface area contributed by atoms with Crippen LogP contribution in [-0.4, -0.2) is 66.0 Å². The van der Waals surface area contributed by atoms with Gasteiger partial charge >= 0.3 is 5.97 Å². The summed E-state index contributed by atoms with van der Waals surface area (Å²) in [4.78, 5) is 30.0. The number of nitrogens with one attached hydrogen (secondary N) is 1. The van der Waals surface area contributed by atoms with Crippen LogP contribution in [0.1, 0.15) is 63.1 Å². The summed E-state index contributed by atoms with van der Waals surface area (Å²) in [6.07, 6.45) is 5.85. The second-order valence-electron chi connectivity index (χ2n) is 11.6. The number of hydrogen-bond acceptors (Lipinski definition) is 8. The van der Waals surface area contributed by atoms with Crippen LogP contribution in [0.5, 0.6) is 5.75 Å². The van der Waals surface area contributed by atoms with Crippen molar-refractivity contribution in [3.8, 4) is 5.75 Å². The lowest BCUT2D eigenvalue weighted by Crippen LogP contribution is -2.47. The number of carbonyl (C=O) groups excluding carboxylic acids is 1. The Hall–Kier alpha value is -3.01. The van der Waals surface area contributed by atoms with Crippen molar-refractivity contribution in [3.63, 3.8) is 0 Å². The lowest BCUT2D eigenvalue weighted by Gasteiger charge is -2.27. The van der Waals surface area contributed by atoms with E-state index in [1.807, 2.05) is 31.3 Å². The van der Waals surface area contributed by atoms with Gasteiger partial charge in [0.2, 0.25) is 0 Å². The molecule has 3 heterocycles. The van der Waals surface area contributed by atoms with Crippen LogP contribution in [0.3, 0.4) is 0 Å². The van der Waals surface area contributed by atoms with Crippen molar-refractivity contribution in [2.45, 2.75) is 78.0 Å². The standard InChI is InChI=1S/C32H45N3O6/c1-20(2)41-32(38)29(22(4)36)33-12-15-40-27-9-8-24-6-7-25(17-23-10-13-39-14-11-23)30(34-28(24)18-27)26-16-21(3)31(37)35(5)19-26/h8-9,16,18-20,22-23,25,29,33,36H,6-7,10-15,17H2,1-5H3/t22?,25?,29-/m0/s1. The zero-order chi connectivity index (χ0) is 29.5. The topological polar surface area (TPSA) is 111 Å². The minimum Gasteiger partial charge on any atom is -0.492 e. The predicted octanol–water partition coefficient (Wildman–Crippen LogP) is 3.86. The summed E-state index contributed by atoms with van der Waals surface area (Å²) in [5.74, 6) is 1.08. The summed E-state index contributed by atoms with van der Waals surface area (Å²) >= 11 is 0. The Morgan fingerprint density at radius 3 is 2.63 bits per heavy atom. The summed E-state index contributed by atoms with van der Waals surface area (Å²) in [6, 6.07) is 7.17. The largest absolute Gasteiger partial charge is 0.492 e. The van der Waals surface area contributed by atoms with Gasteiger partial charge in [-0.25, -0.2) is 0 Å². The summed E-state index contributed by atoms with van der Waals surface area (Å²) in [6.45, 7) is 9.27. The number of nitrogens with zero attached hydrogens (tertiary/aromatic N) is 2. The molecule has 1 aromatic heterocycles. The molecule has 1 fully saturated rings. The number of aromatic nitrogens is 1. The molecule has 9 nitrogen and oxygen atoms in total. The van der Waals surface area contributed by atoms with Crippen LogP contribution >= 0.6 is 0 Å². The van der Waals surface area contributed by atoms with Gasteiger partial charge in [0, 0.05) is 56.1 Å². The van der Waals surface area contributed by atoms with Gasteiger partial charge in [0.15, 0.2) is 0 Å². The summed E-state index contributed by atoms with van der Waals surface area (Å²) in [5, 5.41) is 13.1. The van der Waals surface area contributed by atoms with Crippen LogP contribution in [0, 0.1) is 18.8 Å². The van der Waals surface area contributed by atoms with E-state index in [0.29, 0.717) is 30.4 Å². The Morgan fingerprint density at radius 2 is 1.95 bits per heavy atom. The smallest absolute Gasteiger partial charge is 0.326 e. The highest BCUT2D eigenvalue weighted by Gasteiger charge is 2.28. The van der Waals surface area contributed by atoms with Crippen LogP contribution in [-0.2, 0) is 27.7 Å². The van der Waals surface area contributed by atoms with Gasteiger partial charge in [0.05, 0.1) is 23.6 Å². The van der Waals surface area contributed by atoms with Crippen molar-refractivity contribution < 1.29 is 24.1 Å². The van der Waals surface area contributed by atoms with E-state index in [-0.39, 0.29) is 17.6 Å². The fourth-order valence-corrected chi connectivity index (χ4v) is 5.71. The first-order valence-corrected chi connectivity index (χ1v) is 14.8. The van der Waals surface area contributed by atoms with Crippen molar-refractivity contribution in [2.75, 3.05) is 26.4 Å². The molecule has 2 aromatic rings. The van der Waals surface area contributed by atoms with Gasteiger partial charge in [-0.2, -0.15) is 0 Å². The van der Waals surface area contributed by atoms with Gasteiger partial charge in [0.25, 0.3) is 5.56 Å². The molecular formula is C32H45N3O6. The number of esters is 1. The molecule has 1 aromatic carbocycles. The van der Waals surface area contributed by atoms with Crippen LogP contribution < -0.4 is 15.6 Å². The number of aliphatic imine (C=N–C) groups is 1. The maximum Gasteiger partial charge on any atom is 0.326 e. The SMILES string of the molecule is Cc1cc(C2=Nc3cc(OCCN[C@H](C(=O)OC(C)C)C(C)O)ccc3CCC2CC2CCOCC2)cn(C)c1=O. The monoisotopic (exact) mass is 567 g/mol. The molecule has 0 aliphatic carbocycles. The quantitative estimate of drug-likeness (QED) is 0.313. The third kappa shape index (κ3) is 8.27. The van der Waals surface area contributed by atoms with E-state index in [0.717, 1.165) is 62.3 Å². The van der Waals surface area contributed by atoms with Crippen molar-refractivity contribution in [1.29, 1.82) is 0 Å². The minimum atomic E-state index is -0.892. The van der Waals surface area contributed by atoms with Gasteiger partial charge in [-0.1, -0.05) is 6.07 Å². The van der Waals surface area contributed by atoms with E-state index >= 15 is 0 Å². The molecule has 0 spiro atoms. The van der Waals surface area contributed by atoms with E-state index in [1.54, 1.807) is 32.4 Å². The average Bonchev–Trinajstić information content (AvgIpc) is 3.10. The van der Waals surface area contributed by atoms with Crippen molar-refractivity contribution in [3.05, 3.63) is 57.5 Å². The maximum atomic E-state index is 12.4. The summed E-state index contributed by atoms with van der Waals surface area (Å²) in [5.41, 5.74) is 4.78. The first-order valence-electron chi connectivity index (χ1n) is 14.8. The van der Waals surface area contributed by atoms with Gasteiger partial charge in [-0.15, -0.1) is 0 Å². The molecule has 0 bridgehead atoms. The number of carbonyl (C=O) groups is 1. The lowest BCUT2D eigenvalue weighted by molar-refractivity contribution is -0.152. The molecule has 2 N–H and O–H groups in total. The van der Waals surface area contributed by atoms with Gasteiger partial charge < -0.3 is 23.9 Å². The van der Waals surface area contributed by atoms with Crippen LogP contribution in [0.25, 0.3) is 0 Å². The molecule has 4 rings (SSSR count). The number of ether oxygens (including phenoxy) is 3. The Bertz CT molecular complexity index is 1250. The average molecular weight is 568 g/mol. The number of benzene rings is 1. The number of aryl methyl sites for hydroxylation is 3. The highest BCUT2D eigenvalue weighted by molar-refractivity contribution is 6.04. The van der Waals surface area contributed by atoms with E-state index < -0.39 is 18.1 Å². The van der Waals surface area contributed by atoms with E-state index in [9.17, 15) is 14.7 Å². The number of rotatable bonds is 11. The highest BCUT2D eigenvalue weighted by Crippen LogP contribution is 2.36. The molecule has 0 amide bonds. The van der Waals surface area contributed by atoms with E-state index in [4.69, 9.17) is 19.2 Å². The molecule has 2 unspecified atom stereocenters. The number of hydrogen-bond donors (Lipinski definition) is 2. The first kappa shape index (κ1) is 30.9. The molecule has 1 saturated heterocycles. The second kappa shape index (κ2) is 14.2. The van der Waals surface area contributed by atoms with E-state index in [2.05, 4.69) is 11.4 Å². The van der Waals surface area contributed by atoms with Crippen molar-refractivity contribution >= 4 is 17.4 Å². The molecule has 3 atom stereocenters. The molecule has 0 radical (unpaired) electrons. The predicted molar refractivity (Wildman–Crippen MR) is 159 cm³/mol. The third-order valence-corrected chi connectivity index (χ3v) is 7.89. The lowest BCUT2D eigenvalue weighted by atomic mass is 9.82. The van der Waals surface area contributed by atoms with Crippen LogP contribution in [0.4, 0.5) is 5.69 Å². The van der Waals surface area contributed by atoms with Crippen LogP contribution in [0.15, 0.2) is 40.2 Å². The third-order valence-electron chi connectivity index (χ3n) is 7.89. The van der Waals surface area contributed by atoms with Gasteiger partial charge in [-0.3, -0.25) is 19.9 Å². The minimum absolute atomic E-state index is 0.00365. The molecular weight excluding hydrogens is 522 g/mol. The zero-order valence-corrected chi connectivity index (χ0v) is 25.0. The first-order chi connectivity index (χ1) is 19.6. The Kier molecular flexibility index (Phi) is 10.8. The van der Waals surface area contributed by atoms with Crippen LogP contribution in [0.2, 0.25) is 0 Å². The fourth-order valence-electron chi connectivity index (χ4n) is 5.71. The molecule has 0 saturated carbocycles. The molecule has 2 aliphatic rings. The fraction of sp³-hybridized carbons (Fsp3) is 0.594. The Morgan fingerprint density at radius 1 is 1.20 bits per heavy atom. The summed E-state index contributed by atoms with van der Waals surface area (Å²) < 4.78 is 18.5. The van der Waals surface area contributed by atoms with Crippen molar-refractivity contribution in [2.24, 2.45) is 23.9 Å². The van der Waals surface area contributed by atoms with Crippen molar-refractivity contribution in [1.82, 2.24) is 9.88 Å². The molecule has 224 valence electrons. The van der Waals surface area contributed by atoms with Gasteiger partial charge in [-0.05, 0) is 83.4 Å². The Balaban J connectivity index is 1.53. The molecule has 2 aliphatic heterocycles. The number of aliphatic hydroxyl groups is 1.